The number of carbonyl (C=O) groups excluding carboxylic acids is 1. The van der Waals surface area contributed by atoms with E-state index in [-0.39, 0.29) is 17.5 Å². The molecule has 0 heterocycles. The van der Waals surface area contributed by atoms with Crippen LogP contribution in [-0.2, 0) is 4.79 Å². The molecule has 1 aromatic carbocycles. The highest BCUT2D eigenvalue weighted by Crippen LogP contribution is 2.30. The number of carbonyl (C=O) groups is 2. The minimum Gasteiger partial charge on any atom is -0.478 e. The second-order valence-electron chi connectivity index (χ2n) is 3.52. The Morgan fingerprint density at radius 1 is 1.20 bits per heavy atom. The monoisotopic (exact) mass is 206 g/mol. The number of benzene rings is 1. The average molecular weight is 206 g/mol. The van der Waals surface area contributed by atoms with Crippen molar-refractivity contribution >= 4 is 11.9 Å². The number of carboxylic acid groups (broad SMARTS) is 1. The summed E-state index contributed by atoms with van der Waals surface area (Å²) in [5.41, 5.74) is 0.182. The molecule has 0 saturated heterocycles. The lowest BCUT2D eigenvalue weighted by atomic mass is 10.2. The van der Waals surface area contributed by atoms with Crippen LogP contribution in [0.4, 0.5) is 0 Å². The van der Waals surface area contributed by atoms with E-state index in [1.165, 1.54) is 24.3 Å². The summed E-state index contributed by atoms with van der Waals surface area (Å²) in [6.45, 7) is 0. The first-order chi connectivity index (χ1) is 7.16. The van der Waals surface area contributed by atoms with Crippen LogP contribution >= 0.6 is 0 Å². The standard InChI is InChI=1S/C11H10O4/c12-10(13)7-3-5-9(6-4-7)15-11(14)8-1-2-8/h3-6,8H,1-2H2,(H,12,13). The Morgan fingerprint density at radius 2 is 1.80 bits per heavy atom. The van der Waals surface area contributed by atoms with Crippen LogP contribution in [0.1, 0.15) is 23.2 Å². The molecule has 1 N–H and O–H groups in total. The van der Waals surface area contributed by atoms with Gasteiger partial charge in [0.15, 0.2) is 0 Å². The molecular formula is C11H10O4. The summed E-state index contributed by atoms with van der Waals surface area (Å²) in [4.78, 5) is 21.8. The van der Waals surface area contributed by atoms with Crippen LogP contribution < -0.4 is 4.74 Å². The molecule has 0 bridgehead atoms. The van der Waals surface area contributed by atoms with Crippen molar-refractivity contribution < 1.29 is 19.4 Å². The Bertz CT molecular complexity index is 390. The van der Waals surface area contributed by atoms with Crippen LogP contribution in [0.15, 0.2) is 24.3 Å². The molecule has 0 amide bonds. The Balaban J connectivity index is 2.03. The van der Waals surface area contributed by atoms with Crippen LogP contribution in [0.25, 0.3) is 0 Å². The predicted molar refractivity (Wildman–Crippen MR) is 51.8 cm³/mol. The molecule has 0 aliphatic heterocycles. The van der Waals surface area contributed by atoms with E-state index in [9.17, 15) is 9.59 Å². The molecule has 78 valence electrons. The fraction of sp³-hybridized carbons (Fsp3) is 0.273. The summed E-state index contributed by atoms with van der Waals surface area (Å²) < 4.78 is 5.04. The first kappa shape index (κ1) is 9.71. The largest absolute Gasteiger partial charge is 0.478 e. The Morgan fingerprint density at radius 3 is 2.27 bits per heavy atom. The molecule has 0 radical (unpaired) electrons. The summed E-state index contributed by atoms with van der Waals surface area (Å²) in [6, 6.07) is 5.81. The minimum atomic E-state index is -0.991. The van der Waals surface area contributed by atoms with E-state index in [0.29, 0.717) is 5.75 Å². The van der Waals surface area contributed by atoms with Gasteiger partial charge in [0.2, 0.25) is 0 Å². The molecule has 1 aromatic rings. The maximum absolute atomic E-state index is 11.3. The van der Waals surface area contributed by atoms with Gasteiger partial charge < -0.3 is 9.84 Å². The third-order valence-electron chi connectivity index (χ3n) is 2.23. The lowest BCUT2D eigenvalue weighted by Gasteiger charge is -2.02. The quantitative estimate of drug-likeness (QED) is 0.604. The molecule has 4 nitrogen and oxygen atoms in total. The zero-order valence-corrected chi connectivity index (χ0v) is 7.97. The van der Waals surface area contributed by atoms with Crippen molar-refractivity contribution in [1.29, 1.82) is 0 Å². The van der Waals surface area contributed by atoms with Gasteiger partial charge in [-0.3, -0.25) is 4.79 Å². The van der Waals surface area contributed by atoms with Crippen molar-refractivity contribution in [2.45, 2.75) is 12.8 Å². The maximum Gasteiger partial charge on any atom is 0.335 e. The third kappa shape index (κ3) is 2.34. The fourth-order valence-corrected chi connectivity index (χ4v) is 1.18. The van der Waals surface area contributed by atoms with Gasteiger partial charge in [-0.25, -0.2) is 4.79 Å². The number of hydrogen-bond acceptors (Lipinski definition) is 3. The zero-order chi connectivity index (χ0) is 10.8. The average Bonchev–Trinajstić information content (AvgIpc) is 3.01. The number of carboxylic acids is 1. The molecule has 15 heavy (non-hydrogen) atoms. The Hall–Kier alpha value is -1.84. The van der Waals surface area contributed by atoms with Gasteiger partial charge in [0, 0.05) is 0 Å². The number of aromatic carboxylic acids is 1. The first-order valence-electron chi connectivity index (χ1n) is 4.72. The first-order valence-corrected chi connectivity index (χ1v) is 4.72. The lowest BCUT2D eigenvalue weighted by molar-refractivity contribution is -0.135. The molecule has 0 spiro atoms. The van der Waals surface area contributed by atoms with Crippen molar-refractivity contribution in [3.63, 3.8) is 0 Å². The minimum absolute atomic E-state index is 0.0455. The van der Waals surface area contributed by atoms with E-state index in [4.69, 9.17) is 9.84 Å². The summed E-state index contributed by atoms with van der Waals surface area (Å²) in [6.07, 6.45) is 1.79. The van der Waals surface area contributed by atoms with Crippen molar-refractivity contribution in [2.75, 3.05) is 0 Å². The number of rotatable bonds is 3. The topological polar surface area (TPSA) is 63.6 Å². The highest BCUT2D eigenvalue weighted by Gasteiger charge is 2.31. The number of esters is 1. The highest BCUT2D eigenvalue weighted by atomic mass is 16.5. The van der Waals surface area contributed by atoms with E-state index in [1.807, 2.05) is 0 Å². The van der Waals surface area contributed by atoms with E-state index >= 15 is 0 Å². The molecule has 0 aromatic heterocycles. The van der Waals surface area contributed by atoms with Crippen molar-refractivity contribution in [3.05, 3.63) is 29.8 Å². The molecular weight excluding hydrogens is 196 g/mol. The van der Waals surface area contributed by atoms with Crippen molar-refractivity contribution in [3.8, 4) is 5.75 Å². The highest BCUT2D eigenvalue weighted by molar-refractivity contribution is 5.87. The van der Waals surface area contributed by atoms with E-state index < -0.39 is 5.97 Å². The molecule has 1 aliphatic carbocycles. The second kappa shape index (κ2) is 3.73. The van der Waals surface area contributed by atoms with Crippen molar-refractivity contribution in [2.24, 2.45) is 5.92 Å². The molecule has 1 fully saturated rings. The molecule has 4 heteroatoms. The second-order valence-corrected chi connectivity index (χ2v) is 3.52. The molecule has 2 rings (SSSR count). The Kier molecular flexibility index (Phi) is 2.41. The molecule has 1 aliphatic rings. The van der Waals surface area contributed by atoms with E-state index in [0.717, 1.165) is 12.8 Å². The van der Waals surface area contributed by atoms with Crippen LogP contribution in [-0.4, -0.2) is 17.0 Å². The SMILES string of the molecule is O=C(O)c1ccc(OC(=O)C2CC2)cc1. The fourth-order valence-electron chi connectivity index (χ4n) is 1.18. The van der Waals surface area contributed by atoms with Gasteiger partial charge in [0.1, 0.15) is 5.75 Å². The van der Waals surface area contributed by atoms with Gasteiger partial charge in [-0.05, 0) is 37.1 Å². The van der Waals surface area contributed by atoms with E-state index in [2.05, 4.69) is 0 Å². The summed E-state index contributed by atoms with van der Waals surface area (Å²) >= 11 is 0. The molecule has 1 saturated carbocycles. The molecule has 0 unspecified atom stereocenters. The number of hydrogen-bond donors (Lipinski definition) is 1. The van der Waals surface area contributed by atoms with Crippen LogP contribution in [0.5, 0.6) is 5.75 Å². The lowest BCUT2D eigenvalue weighted by Crippen LogP contribution is -2.09. The van der Waals surface area contributed by atoms with Crippen LogP contribution in [0.2, 0.25) is 0 Å². The predicted octanol–water partition coefficient (Wildman–Crippen LogP) is 1.70. The maximum atomic E-state index is 11.3. The smallest absolute Gasteiger partial charge is 0.335 e. The zero-order valence-electron chi connectivity index (χ0n) is 7.97. The Labute approximate surface area is 86.5 Å². The van der Waals surface area contributed by atoms with Crippen LogP contribution in [0.3, 0.4) is 0 Å². The van der Waals surface area contributed by atoms with Gasteiger partial charge in [-0.1, -0.05) is 0 Å². The van der Waals surface area contributed by atoms with Gasteiger partial charge >= 0.3 is 11.9 Å². The van der Waals surface area contributed by atoms with Gasteiger partial charge in [-0.2, -0.15) is 0 Å². The third-order valence-corrected chi connectivity index (χ3v) is 2.23. The van der Waals surface area contributed by atoms with Gasteiger partial charge in [-0.15, -0.1) is 0 Å². The van der Waals surface area contributed by atoms with Gasteiger partial charge in [0.25, 0.3) is 0 Å². The number of ether oxygens (including phenoxy) is 1. The van der Waals surface area contributed by atoms with Crippen LogP contribution in [0, 0.1) is 5.92 Å². The summed E-state index contributed by atoms with van der Waals surface area (Å²) in [5.74, 6) is -0.769. The molecule has 0 atom stereocenters. The van der Waals surface area contributed by atoms with Gasteiger partial charge in [0.05, 0.1) is 11.5 Å². The van der Waals surface area contributed by atoms with E-state index in [1.54, 1.807) is 0 Å². The van der Waals surface area contributed by atoms with Crippen molar-refractivity contribution in [1.82, 2.24) is 0 Å². The normalized spacial score (nSPS) is 14.7. The summed E-state index contributed by atoms with van der Waals surface area (Å²) in [7, 11) is 0. The summed E-state index contributed by atoms with van der Waals surface area (Å²) in [5, 5.41) is 8.65.